The van der Waals surface area contributed by atoms with Crippen LogP contribution in [-0.2, 0) is 22.1 Å². The topological polar surface area (TPSA) is 70.3 Å². The maximum atomic E-state index is 10.9. The molecule has 0 aliphatic heterocycles. The van der Waals surface area contributed by atoms with E-state index in [2.05, 4.69) is 74.5 Å². The average Bonchev–Trinajstić information content (AvgIpc) is 3.21. The van der Waals surface area contributed by atoms with E-state index in [1.807, 2.05) is 29.1 Å². The maximum absolute atomic E-state index is 10.9. The van der Waals surface area contributed by atoms with Gasteiger partial charge >= 0.3 is 0 Å². The van der Waals surface area contributed by atoms with Crippen molar-refractivity contribution < 1.29 is 22.3 Å². The maximum Gasteiger partial charge on any atom is 0.169 e. The normalized spacial score (nSPS) is 13.6. The Kier molecular flexibility index (Phi) is 8.11. The van der Waals surface area contributed by atoms with Gasteiger partial charge in [0.25, 0.3) is 0 Å². The number of nitrogens with zero attached hydrogens (tertiary/aromatic N) is 1. The van der Waals surface area contributed by atoms with Gasteiger partial charge in [0, 0.05) is 29.7 Å². The van der Waals surface area contributed by atoms with E-state index in [4.69, 9.17) is 4.74 Å². The number of pyridine rings is 1. The Balaban J connectivity index is 1.52. The van der Waals surface area contributed by atoms with Crippen molar-refractivity contribution in [1.29, 1.82) is 0 Å². The van der Waals surface area contributed by atoms with Crippen LogP contribution in [0.3, 0.4) is 0 Å². The van der Waals surface area contributed by atoms with Crippen LogP contribution in [0.5, 0.6) is 5.75 Å². The molecule has 0 saturated carbocycles. The lowest BCUT2D eigenvalue weighted by molar-refractivity contribution is -0.696. The number of ether oxygens (including phenoxy) is 1. The molecular formula is C34H37NO4S. The van der Waals surface area contributed by atoms with E-state index in [-0.39, 0.29) is 11.2 Å². The molecule has 1 aromatic heterocycles. The molecule has 5 rings (SSSR count). The standard InChI is InChI=1S/C34H37NO4S/c1-4-17-34(18-5-2)32-23-27(25-7-11-29(39-3)12-8-25)9-13-30(32)31-14-10-28(24-33(31)34)26-15-20-35(21-16-26)19-6-22-40(36,37)38/h7-16,20-21,23-24H,4-6,17-19,22H2,1-3H3. The molecule has 1 aliphatic rings. The third kappa shape index (κ3) is 5.56. The molecule has 1 heterocycles. The second kappa shape index (κ2) is 11.6. The van der Waals surface area contributed by atoms with Gasteiger partial charge in [-0.15, -0.1) is 0 Å². The zero-order chi connectivity index (χ0) is 28.3. The van der Waals surface area contributed by atoms with Crippen LogP contribution in [0.15, 0.2) is 85.2 Å². The third-order valence-corrected chi connectivity index (χ3v) is 8.96. The Bertz CT molecular complexity index is 1590. The van der Waals surface area contributed by atoms with Gasteiger partial charge in [-0.05, 0) is 81.6 Å². The number of hydrogen-bond donors (Lipinski definition) is 0. The smallest absolute Gasteiger partial charge is 0.169 e. The fourth-order valence-electron chi connectivity index (χ4n) is 6.38. The zero-order valence-corrected chi connectivity index (χ0v) is 24.3. The van der Waals surface area contributed by atoms with Crippen LogP contribution in [-0.4, -0.2) is 25.8 Å². The number of fused-ring (bicyclic) bond motifs is 3. The van der Waals surface area contributed by atoms with Crippen LogP contribution in [0.4, 0.5) is 0 Å². The molecule has 3 aromatic carbocycles. The van der Waals surface area contributed by atoms with E-state index in [1.54, 1.807) is 7.11 Å². The lowest BCUT2D eigenvalue weighted by atomic mass is 9.71. The van der Waals surface area contributed by atoms with Gasteiger partial charge in [0.15, 0.2) is 12.4 Å². The highest BCUT2D eigenvalue weighted by Crippen LogP contribution is 2.55. The molecule has 0 fully saturated rings. The fraction of sp³-hybridized carbons (Fsp3) is 0.324. The molecule has 1 aliphatic carbocycles. The van der Waals surface area contributed by atoms with Crippen LogP contribution >= 0.6 is 0 Å². The summed E-state index contributed by atoms with van der Waals surface area (Å²) in [5, 5.41) is 0. The van der Waals surface area contributed by atoms with Gasteiger partial charge in [0.2, 0.25) is 0 Å². The van der Waals surface area contributed by atoms with Gasteiger partial charge < -0.3 is 9.29 Å². The van der Waals surface area contributed by atoms with Gasteiger partial charge in [0.1, 0.15) is 12.3 Å². The van der Waals surface area contributed by atoms with E-state index >= 15 is 0 Å². The Morgan fingerprint density at radius 3 is 1.73 bits per heavy atom. The summed E-state index contributed by atoms with van der Waals surface area (Å²) < 4.78 is 40.1. The minimum atomic E-state index is -4.18. The van der Waals surface area contributed by atoms with Crippen LogP contribution in [0.2, 0.25) is 0 Å². The molecule has 4 aromatic rings. The van der Waals surface area contributed by atoms with Crippen molar-refractivity contribution in [3.05, 3.63) is 96.3 Å². The second-order valence-corrected chi connectivity index (χ2v) is 12.3. The summed E-state index contributed by atoms with van der Waals surface area (Å²) in [6, 6.07) is 26.3. The average molecular weight is 556 g/mol. The fourth-order valence-corrected chi connectivity index (χ4v) is 6.86. The molecule has 6 heteroatoms. The summed E-state index contributed by atoms with van der Waals surface area (Å²) in [6.45, 7) is 5.05. The molecule has 5 nitrogen and oxygen atoms in total. The molecule has 0 bridgehead atoms. The summed E-state index contributed by atoms with van der Waals surface area (Å²) in [7, 11) is -2.49. The Hall–Kier alpha value is -3.48. The second-order valence-electron chi connectivity index (χ2n) is 10.8. The summed E-state index contributed by atoms with van der Waals surface area (Å²) in [5.74, 6) is 0.516. The largest absolute Gasteiger partial charge is 0.748 e. The Labute approximate surface area is 238 Å². The van der Waals surface area contributed by atoms with Crippen molar-refractivity contribution in [2.75, 3.05) is 12.9 Å². The van der Waals surface area contributed by atoms with Gasteiger partial charge in [-0.1, -0.05) is 63.1 Å². The Morgan fingerprint density at radius 1 is 0.750 bits per heavy atom. The van der Waals surface area contributed by atoms with Gasteiger partial charge in [-0.3, -0.25) is 0 Å². The summed E-state index contributed by atoms with van der Waals surface area (Å²) in [6.07, 6.45) is 8.60. The van der Waals surface area contributed by atoms with E-state index in [1.165, 1.54) is 38.9 Å². The summed E-state index contributed by atoms with van der Waals surface area (Å²) >= 11 is 0. The van der Waals surface area contributed by atoms with Gasteiger partial charge in [0.05, 0.1) is 17.2 Å². The molecule has 0 amide bonds. The van der Waals surface area contributed by atoms with Crippen molar-refractivity contribution in [3.8, 4) is 39.1 Å². The number of aromatic nitrogens is 1. The molecule has 0 spiro atoms. The first-order valence-electron chi connectivity index (χ1n) is 14.1. The molecule has 0 atom stereocenters. The first-order chi connectivity index (χ1) is 19.3. The minimum Gasteiger partial charge on any atom is -0.748 e. The van der Waals surface area contributed by atoms with Gasteiger partial charge in [-0.2, -0.15) is 0 Å². The van der Waals surface area contributed by atoms with Gasteiger partial charge in [-0.25, -0.2) is 13.0 Å². The number of hydrogen-bond acceptors (Lipinski definition) is 4. The molecular weight excluding hydrogens is 518 g/mol. The van der Waals surface area contributed by atoms with E-state index in [0.29, 0.717) is 13.0 Å². The molecule has 208 valence electrons. The molecule has 0 N–H and O–H groups in total. The predicted octanol–water partition coefficient (Wildman–Crippen LogP) is 7.12. The van der Waals surface area contributed by atoms with E-state index in [0.717, 1.165) is 37.0 Å². The van der Waals surface area contributed by atoms with Crippen LogP contribution < -0.4 is 9.30 Å². The van der Waals surface area contributed by atoms with Crippen LogP contribution in [0, 0.1) is 0 Å². The number of aryl methyl sites for hydroxylation is 1. The van der Waals surface area contributed by atoms with Crippen LogP contribution in [0.1, 0.15) is 57.1 Å². The zero-order valence-electron chi connectivity index (χ0n) is 23.5. The number of rotatable bonds is 11. The lowest BCUT2D eigenvalue weighted by Crippen LogP contribution is -2.33. The van der Waals surface area contributed by atoms with Crippen molar-refractivity contribution >= 4 is 10.1 Å². The highest BCUT2D eigenvalue weighted by atomic mass is 32.2. The molecule has 0 unspecified atom stereocenters. The Morgan fingerprint density at radius 2 is 1.25 bits per heavy atom. The minimum absolute atomic E-state index is 0.0365. The number of benzene rings is 3. The summed E-state index contributed by atoms with van der Waals surface area (Å²) in [5.41, 5.74) is 10.2. The molecule has 0 radical (unpaired) electrons. The first-order valence-corrected chi connectivity index (χ1v) is 15.7. The molecule has 40 heavy (non-hydrogen) atoms. The van der Waals surface area contributed by atoms with E-state index < -0.39 is 10.1 Å². The van der Waals surface area contributed by atoms with Crippen LogP contribution in [0.25, 0.3) is 33.4 Å². The van der Waals surface area contributed by atoms with Crippen molar-refractivity contribution in [2.45, 2.75) is 57.9 Å². The lowest BCUT2D eigenvalue weighted by Gasteiger charge is -2.32. The highest BCUT2D eigenvalue weighted by Gasteiger charge is 2.42. The third-order valence-electron chi connectivity index (χ3n) is 8.17. The number of methoxy groups -OCH3 is 1. The first kappa shape index (κ1) is 28.1. The monoisotopic (exact) mass is 555 g/mol. The SMILES string of the molecule is CCCC1(CCC)c2cc(-c3ccc(OC)cc3)ccc2-c2ccc(-c3cc[n+](CCCS(=O)(=O)[O-])cc3)cc21. The van der Waals surface area contributed by atoms with Crippen molar-refractivity contribution in [3.63, 3.8) is 0 Å². The highest BCUT2D eigenvalue weighted by molar-refractivity contribution is 7.85. The quantitative estimate of drug-likeness (QED) is 0.146. The van der Waals surface area contributed by atoms with E-state index in [9.17, 15) is 13.0 Å². The molecule has 0 saturated heterocycles. The summed E-state index contributed by atoms with van der Waals surface area (Å²) in [4.78, 5) is 0. The van der Waals surface area contributed by atoms with Crippen molar-refractivity contribution in [2.24, 2.45) is 0 Å². The van der Waals surface area contributed by atoms with Crippen molar-refractivity contribution in [1.82, 2.24) is 0 Å². The predicted molar refractivity (Wildman–Crippen MR) is 159 cm³/mol.